The summed E-state index contributed by atoms with van der Waals surface area (Å²) in [5.41, 5.74) is 5.88. The van der Waals surface area contributed by atoms with Crippen LogP contribution < -0.4 is 10.0 Å². The molecule has 1 N–H and O–H groups in total. The summed E-state index contributed by atoms with van der Waals surface area (Å²) in [4.78, 5) is 21.1. The number of aromatic carboxylic acids is 1. The SMILES string of the molecule is Cc1ccc(COc2cccc(-c3ccc(Cc4nc5ccc(C(=O)O)cc5n4C[C@@H]4CCO4)c(P)c3)n2)c(F)c1. The number of carboxylic acid groups (broad SMARTS) is 1. The number of ether oxygens (including phenoxy) is 2. The molecule has 0 radical (unpaired) electrons. The Kier molecular flexibility index (Phi) is 7.52. The zero-order chi connectivity index (χ0) is 28.5. The van der Waals surface area contributed by atoms with Gasteiger partial charge in [0.2, 0.25) is 5.88 Å². The van der Waals surface area contributed by atoms with Crippen molar-refractivity contribution in [1.29, 1.82) is 0 Å². The molecule has 0 bridgehead atoms. The monoisotopic (exact) mass is 569 g/mol. The number of rotatable bonds is 9. The maximum Gasteiger partial charge on any atom is 0.335 e. The molecule has 0 saturated carbocycles. The van der Waals surface area contributed by atoms with Crippen molar-refractivity contribution in [2.24, 2.45) is 0 Å². The molecule has 7 nitrogen and oxygen atoms in total. The van der Waals surface area contributed by atoms with Crippen LogP contribution in [0.25, 0.3) is 22.3 Å². The van der Waals surface area contributed by atoms with E-state index < -0.39 is 5.97 Å². The highest BCUT2D eigenvalue weighted by Crippen LogP contribution is 2.26. The lowest BCUT2D eigenvalue weighted by molar-refractivity contribution is -0.0589. The molecule has 9 heteroatoms. The molecule has 41 heavy (non-hydrogen) atoms. The number of hydrogen-bond acceptors (Lipinski definition) is 5. The summed E-state index contributed by atoms with van der Waals surface area (Å²) in [6.07, 6.45) is 1.64. The molecular weight excluding hydrogens is 540 g/mol. The van der Waals surface area contributed by atoms with Gasteiger partial charge in [-0.1, -0.05) is 30.3 Å². The molecule has 6 rings (SSSR count). The Labute approximate surface area is 239 Å². The van der Waals surface area contributed by atoms with Gasteiger partial charge in [-0.15, -0.1) is 9.24 Å². The van der Waals surface area contributed by atoms with E-state index in [0.29, 0.717) is 24.4 Å². The molecule has 0 aliphatic carbocycles. The van der Waals surface area contributed by atoms with Crippen molar-refractivity contribution in [2.75, 3.05) is 6.61 Å². The number of aromatic nitrogens is 3. The molecule has 1 fully saturated rings. The molecule has 208 valence electrons. The van der Waals surface area contributed by atoms with Crippen LogP contribution in [0.5, 0.6) is 5.88 Å². The number of imidazole rings is 1. The van der Waals surface area contributed by atoms with Gasteiger partial charge >= 0.3 is 5.97 Å². The van der Waals surface area contributed by atoms with Crippen LogP contribution in [0.1, 0.15) is 39.3 Å². The Morgan fingerprint density at radius 3 is 2.66 bits per heavy atom. The highest BCUT2D eigenvalue weighted by atomic mass is 31.0. The first-order chi connectivity index (χ1) is 19.8. The molecule has 1 aliphatic heterocycles. The van der Waals surface area contributed by atoms with E-state index in [9.17, 15) is 14.3 Å². The summed E-state index contributed by atoms with van der Waals surface area (Å²) < 4.78 is 27.8. The van der Waals surface area contributed by atoms with Gasteiger partial charge in [0.1, 0.15) is 18.2 Å². The predicted molar refractivity (Wildman–Crippen MR) is 158 cm³/mol. The van der Waals surface area contributed by atoms with Crippen molar-refractivity contribution in [2.45, 2.75) is 39.0 Å². The standard InChI is InChI=1S/C32H29FN3O4P/c1-19-5-6-23(25(33)13-19)18-40-31-4-2-3-26(35-31)20-7-8-21(29(41)15-20)16-30-34-27-10-9-22(32(37)38)14-28(27)36(30)17-24-11-12-39-24/h2-10,13-15,24H,11-12,16-18,41H2,1H3,(H,37,38)/t24-/m0/s1. The van der Waals surface area contributed by atoms with Crippen LogP contribution in [0.15, 0.2) is 72.8 Å². The summed E-state index contributed by atoms with van der Waals surface area (Å²) in [6, 6.07) is 21.8. The summed E-state index contributed by atoms with van der Waals surface area (Å²) in [5, 5.41) is 10.5. The van der Waals surface area contributed by atoms with Crippen LogP contribution in [0.4, 0.5) is 4.39 Å². The number of aryl methyl sites for hydroxylation is 1. The number of fused-ring (bicyclic) bond motifs is 1. The van der Waals surface area contributed by atoms with E-state index in [1.54, 1.807) is 30.3 Å². The third-order valence-corrected chi connectivity index (χ3v) is 7.89. The van der Waals surface area contributed by atoms with Crippen molar-refractivity contribution < 1.29 is 23.8 Å². The summed E-state index contributed by atoms with van der Waals surface area (Å²) in [5.74, 6) is 0.0191. The first-order valence-electron chi connectivity index (χ1n) is 13.4. The fourth-order valence-electron chi connectivity index (χ4n) is 4.94. The molecule has 3 aromatic carbocycles. The average molecular weight is 570 g/mol. The normalized spacial score (nSPS) is 14.7. The summed E-state index contributed by atoms with van der Waals surface area (Å²) in [7, 11) is 2.80. The minimum Gasteiger partial charge on any atom is -0.478 e. The van der Waals surface area contributed by atoms with E-state index in [-0.39, 0.29) is 24.1 Å². The third-order valence-electron chi connectivity index (χ3n) is 7.35. The lowest BCUT2D eigenvalue weighted by Crippen LogP contribution is -2.31. The maximum absolute atomic E-state index is 14.2. The van der Waals surface area contributed by atoms with E-state index in [1.165, 1.54) is 6.07 Å². The Bertz CT molecular complexity index is 1770. The van der Waals surface area contributed by atoms with Crippen LogP contribution in [-0.2, 0) is 24.3 Å². The number of pyridine rings is 1. The van der Waals surface area contributed by atoms with E-state index in [0.717, 1.165) is 57.6 Å². The van der Waals surface area contributed by atoms with Gasteiger partial charge in [0, 0.05) is 30.2 Å². The number of halogens is 1. The van der Waals surface area contributed by atoms with Crippen LogP contribution in [-0.4, -0.2) is 38.3 Å². The minimum atomic E-state index is -0.964. The molecule has 0 spiro atoms. The molecule has 1 unspecified atom stereocenters. The second kappa shape index (κ2) is 11.4. The number of carbonyl (C=O) groups is 1. The molecule has 2 aromatic heterocycles. The lowest BCUT2D eigenvalue weighted by Gasteiger charge is -2.27. The van der Waals surface area contributed by atoms with Crippen LogP contribution in [0.3, 0.4) is 0 Å². The maximum atomic E-state index is 14.2. The van der Waals surface area contributed by atoms with Gasteiger partial charge in [-0.2, -0.15) is 0 Å². The van der Waals surface area contributed by atoms with Crippen molar-refractivity contribution in [3.63, 3.8) is 0 Å². The molecule has 1 saturated heterocycles. The molecule has 3 heterocycles. The molecule has 0 amide bonds. The van der Waals surface area contributed by atoms with Gasteiger partial charge in [0.05, 0.1) is 34.9 Å². The summed E-state index contributed by atoms with van der Waals surface area (Å²) >= 11 is 0. The second-order valence-electron chi connectivity index (χ2n) is 10.3. The highest BCUT2D eigenvalue weighted by molar-refractivity contribution is 7.27. The van der Waals surface area contributed by atoms with Gasteiger partial charge in [-0.25, -0.2) is 19.2 Å². The largest absolute Gasteiger partial charge is 0.478 e. The van der Waals surface area contributed by atoms with E-state index in [2.05, 4.69) is 30.9 Å². The van der Waals surface area contributed by atoms with Crippen LogP contribution >= 0.6 is 9.24 Å². The fraction of sp³-hybridized carbons (Fsp3) is 0.219. The van der Waals surface area contributed by atoms with E-state index in [4.69, 9.17) is 14.5 Å². The van der Waals surface area contributed by atoms with Gasteiger partial charge in [0.15, 0.2) is 0 Å². The number of benzene rings is 3. The smallest absolute Gasteiger partial charge is 0.335 e. The highest BCUT2D eigenvalue weighted by Gasteiger charge is 2.23. The Morgan fingerprint density at radius 1 is 1.10 bits per heavy atom. The number of hydrogen-bond donors (Lipinski definition) is 1. The first kappa shape index (κ1) is 27.1. The quantitative estimate of drug-likeness (QED) is 0.229. The van der Waals surface area contributed by atoms with Gasteiger partial charge in [0.25, 0.3) is 0 Å². The number of carboxylic acids is 1. The zero-order valence-corrected chi connectivity index (χ0v) is 23.7. The minimum absolute atomic E-state index is 0.0945. The van der Waals surface area contributed by atoms with Crippen LogP contribution in [0.2, 0.25) is 0 Å². The first-order valence-corrected chi connectivity index (χ1v) is 14.0. The molecule has 1 aliphatic rings. The van der Waals surface area contributed by atoms with Crippen LogP contribution in [0, 0.1) is 12.7 Å². The van der Waals surface area contributed by atoms with Crippen molar-refractivity contribution >= 4 is 31.5 Å². The topological polar surface area (TPSA) is 86.5 Å². The molecule has 2 atom stereocenters. The van der Waals surface area contributed by atoms with Crippen molar-refractivity contribution in [1.82, 2.24) is 14.5 Å². The predicted octanol–water partition coefficient (Wildman–Crippen LogP) is 5.70. The molecule has 5 aromatic rings. The molecular formula is C32H29FN3O4P. The van der Waals surface area contributed by atoms with Gasteiger partial charge in [-0.05, 0) is 66.2 Å². The Hall–Kier alpha value is -4.13. The van der Waals surface area contributed by atoms with E-state index >= 15 is 0 Å². The second-order valence-corrected chi connectivity index (χ2v) is 10.9. The lowest BCUT2D eigenvalue weighted by atomic mass is 10.1. The number of nitrogens with zero attached hydrogens (tertiary/aromatic N) is 3. The van der Waals surface area contributed by atoms with E-state index in [1.807, 2.05) is 31.2 Å². The third kappa shape index (κ3) is 5.85. The van der Waals surface area contributed by atoms with Gasteiger partial charge < -0.3 is 19.1 Å². The zero-order valence-electron chi connectivity index (χ0n) is 22.5. The van der Waals surface area contributed by atoms with Gasteiger partial charge in [-0.3, -0.25) is 0 Å². The Balaban J connectivity index is 1.24. The fourth-order valence-corrected chi connectivity index (χ4v) is 5.32. The summed E-state index contributed by atoms with van der Waals surface area (Å²) in [6.45, 7) is 3.31. The average Bonchev–Trinajstić information content (AvgIpc) is 3.27. The van der Waals surface area contributed by atoms with Crippen molar-refractivity contribution in [3.05, 3.63) is 107 Å². The Morgan fingerprint density at radius 2 is 1.93 bits per heavy atom. The van der Waals surface area contributed by atoms with Crippen molar-refractivity contribution in [3.8, 4) is 17.1 Å².